The van der Waals surface area contributed by atoms with Gasteiger partial charge in [0.15, 0.2) is 0 Å². The quantitative estimate of drug-likeness (QED) is 0.459. The van der Waals surface area contributed by atoms with Gasteiger partial charge in [-0.05, 0) is 12.0 Å². The molecule has 2 amide bonds. The second-order valence-corrected chi connectivity index (χ2v) is 8.96. The number of carboxylic acids is 1. The Morgan fingerprint density at radius 1 is 1.00 bits per heavy atom. The first kappa shape index (κ1) is 23.6. The topological polar surface area (TPSA) is 112 Å². The Balaban J connectivity index is 1.64. The summed E-state index contributed by atoms with van der Waals surface area (Å²) in [4.78, 5) is 44.8. The molecule has 176 valence electrons. The Morgan fingerprint density at radius 2 is 1.62 bits per heavy atom. The van der Waals surface area contributed by atoms with Crippen molar-refractivity contribution < 1.29 is 19.5 Å². The van der Waals surface area contributed by atoms with Gasteiger partial charge < -0.3 is 20.6 Å². The minimum Gasteiger partial charge on any atom is -0.481 e. The van der Waals surface area contributed by atoms with Gasteiger partial charge in [0, 0.05) is 38.2 Å². The Labute approximate surface area is 201 Å². The molecule has 34 heavy (non-hydrogen) atoms. The molecule has 8 nitrogen and oxygen atoms in total. The average molecular weight is 479 g/mol. The lowest BCUT2D eigenvalue weighted by Crippen LogP contribution is -2.54. The van der Waals surface area contributed by atoms with E-state index in [2.05, 4.69) is 15.6 Å². The molecule has 0 spiro atoms. The Hall–Kier alpha value is -3.56. The molecule has 1 aliphatic heterocycles. The minimum atomic E-state index is -1.02. The van der Waals surface area contributed by atoms with Crippen molar-refractivity contribution in [3.8, 4) is 21.0 Å². The molecule has 0 radical (unpaired) electrons. The van der Waals surface area contributed by atoms with Gasteiger partial charge in [0.05, 0.1) is 4.88 Å². The summed E-state index contributed by atoms with van der Waals surface area (Å²) in [6.45, 7) is 2.36. The first-order valence-electron chi connectivity index (χ1n) is 11.2. The molecule has 1 saturated heterocycles. The number of nitrogens with zero attached hydrogens (tertiary/aromatic N) is 2. The smallest absolute Gasteiger partial charge is 0.303 e. The summed E-state index contributed by atoms with van der Waals surface area (Å²) in [6.07, 6.45) is -0.208. The van der Waals surface area contributed by atoms with Gasteiger partial charge in [-0.2, -0.15) is 0 Å². The zero-order valence-corrected chi connectivity index (χ0v) is 19.4. The first-order valence-corrected chi connectivity index (χ1v) is 12.0. The van der Waals surface area contributed by atoms with Crippen molar-refractivity contribution >= 4 is 29.1 Å². The van der Waals surface area contributed by atoms with E-state index in [0.717, 1.165) is 11.1 Å². The fourth-order valence-electron chi connectivity index (χ4n) is 3.82. The van der Waals surface area contributed by atoms with E-state index in [1.165, 1.54) is 11.3 Å². The molecule has 3 N–H and O–H groups in total. The van der Waals surface area contributed by atoms with Crippen LogP contribution >= 0.6 is 11.3 Å². The highest BCUT2D eigenvalue weighted by molar-refractivity contribution is 7.18. The van der Waals surface area contributed by atoms with Crippen molar-refractivity contribution in [3.63, 3.8) is 0 Å². The van der Waals surface area contributed by atoms with Gasteiger partial charge in [0.1, 0.15) is 16.7 Å². The van der Waals surface area contributed by atoms with Crippen LogP contribution in [-0.2, 0) is 9.59 Å². The molecule has 1 fully saturated rings. The van der Waals surface area contributed by atoms with Crippen LogP contribution in [0, 0.1) is 0 Å². The van der Waals surface area contributed by atoms with Gasteiger partial charge in [-0.1, -0.05) is 60.7 Å². The Kier molecular flexibility index (Phi) is 7.66. The number of hydrogen-bond donors (Lipinski definition) is 3. The van der Waals surface area contributed by atoms with Crippen LogP contribution in [-0.4, -0.2) is 65.0 Å². The molecule has 4 rings (SSSR count). The summed E-state index contributed by atoms with van der Waals surface area (Å²) in [5.41, 5.74) is 1.97. The fourth-order valence-corrected chi connectivity index (χ4v) is 4.89. The van der Waals surface area contributed by atoms with E-state index in [-0.39, 0.29) is 24.4 Å². The number of thiazole rings is 1. The summed E-state index contributed by atoms with van der Waals surface area (Å²) in [5.74, 6) is -1.77. The molecular formula is C25H26N4O4S. The fraction of sp³-hybridized carbons (Fsp3) is 0.280. The lowest BCUT2D eigenvalue weighted by atomic mass is 10.1. The first-order chi connectivity index (χ1) is 16.5. The molecule has 0 bridgehead atoms. The van der Waals surface area contributed by atoms with E-state index < -0.39 is 17.9 Å². The maximum atomic E-state index is 13.4. The largest absolute Gasteiger partial charge is 0.481 e. The third kappa shape index (κ3) is 5.67. The summed E-state index contributed by atoms with van der Waals surface area (Å²) in [7, 11) is 0. The van der Waals surface area contributed by atoms with Gasteiger partial charge in [0.25, 0.3) is 5.91 Å². The van der Waals surface area contributed by atoms with E-state index in [4.69, 9.17) is 5.11 Å². The molecular weight excluding hydrogens is 452 g/mol. The van der Waals surface area contributed by atoms with E-state index >= 15 is 0 Å². The van der Waals surface area contributed by atoms with Crippen molar-refractivity contribution in [2.75, 3.05) is 26.2 Å². The highest BCUT2D eigenvalue weighted by Gasteiger charge is 2.30. The van der Waals surface area contributed by atoms with Gasteiger partial charge in [-0.25, -0.2) is 4.98 Å². The number of carbonyl (C=O) groups excluding carboxylic acids is 2. The number of piperazine rings is 1. The van der Waals surface area contributed by atoms with Crippen molar-refractivity contribution in [2.24, 2.45) is 0 Å². The van der Waals surface area contributed by atoms with Crippen LogP contribution in [0.15, 0.2) is 60.7 Å². The van der Waals surface area contributed by atoms with Crippen LogP contribution < -0.4 is 10.6 Å². The molecule has 3 aromatic rings. The van der Waals surface area contributed by atoms with Gasteiger partial charge in [-0.15, -0.1) is 11.3 Å². The van der Waals surface area contributed by atoms with Crippen LogP contribution in [0.2, 0.25) is 0 Å². The van der Waals surface area contributed by atoms with Gasteiger partial charge >= 0.3 is 5.97 Å². The number of carbonyl (C=O) groups is 3. The molecule has 1 aromatic heterocycles. The maximum absolute atomic E-state index is 13.4. The summed E-state index contributed by atoms with van der Waals surface area (Å²) >= 11 is 1.41. The number of aliphatic carboxylic acids is 1. The maximum Gasteiger partial charge on any atom is 0.303 e. The molecule has 1 aliphatic rings. The lowest BCUT2D eigenvalue weighted by molar-refractivity contribution is -0.138. The number of aromatic nitrogens is 1. The lowest BCUT2D eigenvalue weighted by Gasteiger charge is -2.31. The van der Waals surface area contributed by atoms with Crippen molar-refractivity contribution in [3.05, 3.63) is 66.4 Å². The normalized spacial score (nSPS) is 14.4. The Morgan fingerprint density at radius 3 is 2.24 bits per heavy atom. The van der Waals surface area contributed by atoms with Crippen molar-refractivity contribution in [1.29, 1.82) is 0 Å². The second-order valence-electron chi connectivity index (χ2n) is 7.96. The predicted octanol–water partition coefficient (Wildman–Crippen LogP) is 2.87. The van der Waals surface area contributed by atoms with E-state index in [1.54, 1.807) is 4.90 Å². The van der Waals surface area contributed by atoms with Gasteiger partial charge in [-0.3, -0.25) is 14.4 Å². The SMILES string of the molecule is O=C(O)CC[C@H](NC(=O)c1nc(-c2ccccc2)sc1-c1ccccc1)C(=O)N1CCNCC1. The highest BCUT2D eigenvalue weighted by Crippen LogP contribution is 2.35. The predicted molar refractivity (Wildman–Crippen MR) is 131 cm³/mol. The Bertz CT molecular complexity index is 1140. The summed E-state index contributed by atoms with van der Waals surface area (Å²) in [5, 5.41) is 15.8. The molecule has 1 atom stereocenters. The monoisotopic (exact) mass is 478 g/mol. The molecule has 0 unspecified atom stereocenters. The van der Waals surface area contributed by atoms with Crippen LogP contribution in [0.1, 0.15) is 23.3 Å². The van der Waals surface area contributed by atoms with Crippen LogP contribution in [0.25, 0.3) is 21.0 Å². The summed E-state index contributed by atoms with van der Waals surface area (Å²) in [6, 6.07) is 18.2. The van der Waals surface area contributed by atoms with Crippen molar-refractivity contribution in [1.82, 2.24) is 20.5 Å². The van der Waals surface area contributed by atoms with Crippen LogP contribution in [0.4, 0.5) is 0 Å². The third-order valence-electron chi connectivity index (χ3n) is 5.58. The van der Waals surface area contributed by atoms with Crippen molar-refractivity contribution in [2.45, 2.75) is 18.9 Å². The molecule has 0 saturated carbocycles. The second kappa shape index (κ2) is 11.0. The standard InChI is InChI=1S/C25H26N4O4S/c30-20(31)12-11-19(25(33)29-15-13-26-14-16-29)27-23(32)21-22(17-7-3-1-4-8-17)34-24(28-21)18-9-5-2-6-10-18/h1-10,19,26H,11-16H2,(H,27,32)(H,30,31)/t19-/m0/s1. The number of nitrogens with one attached hydrogen (secondary N) is 2. The van der Waals surface area contributed by atoms with E-state index in [0.29, 0.717) is 36.1 Å². The summed E-state index contributed by atoms with van der Waals surface area (Å²) < 4.78 is 0. The zero-order chi connectivity index (χ0) is 23.9. The zero-order valence-electron chi connectivity index (χ0n) is 18.6. The van der Waals surface area contributed by atoms with E-state index in [9.17, 15) is 14.4 Å². The van der Waals surface area contributed by atoms with Crippen LogP contribution in [0.5, 0.6) is 0 Å². The molecule has 2 heterocycles. The number of hydrogen-bond acceptors (Lipinski definition) is 6. The number of amides is 2. The highest BCUT2D eigenvalue weighted by atomic mass is 32.1. The molecule has 2 aromatic carbocycles. The average Bonchev–Trinajstić information content (AvgIpc) is 3.33. The number of rotatable bonds is 8. The number of carboxylic acid groups (broad SMARTS) is 1. The number of benzene rings is 2. The van der Waals surface area contributed by atoms with Crippen LogP contribution in [0.3, 0.4) is 0 Å². The van der Waals surface area contributed by atoms with E-state index in [1.807, 2.05) is 60.7 Å². The molecule has 9 heteroatoms. The van der Waals surface area contributed by atoms with Gasteiger partial charge in [0.2, 0.25) is 5.91 Å². The third-order valence-corrected chi connectivity index (χ3v) is 6.73. The minimum absolute atomic E-state index is 0.0141. The molecule has 0 aliphatic carbocycles.